The van der Waals surface area contributed by atoms with Gasteiger partial charge in [0, 0.05) is 29.4 Å². The highest BCUT2D eigenvalue weighted by atomic mass is 35.5. The van der Waals surface area contributed by atoms with Gasteiger partial charge in [0.15, 0.2) is 10.9 Å². The summed E-state index contributed by atoms with van der Waals surface area (Å²) in [6.07, 6.45) is 4.07. The first-order chi connectivity index (χ1) is 12.0. The Morgan fingerprint density at radius 1 is 1.32 bits per heavy atom. The van der Waals surface area contributed by atoms with Crippen molar-refractivity contribution in [3.8, 4) is 0 Å². The van der Waals surface area contributed by atoms with E-state index in [0.717, 1.165) is 25.0 Å². The van der Waals surface area contributed by atoms with Crippen LogP contribution in [0.3, 0.4) is 0 Å². The smallest absolute Gasteiger partial charge is 0.173 e. The molecule has 0 aliphatic carbocycles. The molecular weight excluding hydrogens is 403 g/mol. The van der Waals surface area contributed by atoms with Crippen LogP contribution in [0, 0.1) is 0 Å². The summed E-state index contributed by atoms with van der Waals surface area (Å²) in [6, 6.07) is 5.35. The number of aromatic nitrogens is 2. The Morgan fingerprint density at radius 3 is 2.88 bits per heavy atom. The van der Waals surface area contributed by atoms with E-state index >= 15 is 0 Å². The summed E-state index contributed by atoms with van der Waals surface area (Å²) in [5, 5.41) is 12.7. The Balaban J connectivity index is 1.58. The fourth-order valence-electron chi connectivity index (χ4n) is 2.55. The van der Waals surface area contributed by atoms with E-state index in [1.807, 2.05) is 6.07 Å². The molecular formula is C16H17Cl3N4OS. The highest BCUT2D eigenvalue weighted by Gasteiger charge is 2.16. The standard InChI is InChI=1S/C16H17Cl3N4OS/c17-11-4-3-10(13(18)6-11)8-23-9-14(19)15(22-23)21-16(25)20-7-12-2-1-5-24-12/h3-4,6,9,12H,1-2,5,7-8H2,(H2,20,21,22,25). The molecule has 1 aliphatic heterocycles. The minimum absolute atomic E-state index is 0.208. The lowest BCUT2D eigenvalue weighted by Crippen LogP contribution is -2.35. The molecule has 0 bridgehead atoms. The van der Waals surface area contributed by atoms with Crippen LogP contribution in [0.5, 0.6) is 0 Å². The molecule has 9 heteroatoms. The third kappa shape index (κ3) is 5.21. The molecule has 1 aromatic heterocycles. The van der Waals surface area contributed by atoms with Crippen molar-refractivity contribution in [3.63, 3.8) is 0 Å². The lowest BCUT2D eigenvalue weighted by molar-refractivity contribution is 0.114. The third-order valence-electron chi connectivity index (χ3n) is 3.81. The molecule has 1 unspecified atom stereocenters. The van der Waals surface area contributed by atoms with Gasteiger partial charge in [-0.05, 0) is 42.8 Å². The zero-order valence-electron chi connectivity index (χ0n) is 13.3. The molecule has 2 N–H and O–H groups in total. The molecule has 1 atom stereocenters. The molecule has 25 heavy (non-hydrogen) atoms. The SMILES string of the molecule is S=C(NCC1CCCO1)Nc1nn(Cc2ccc(Cl)cc2Cl)cc1Cl. The number of anilines is 1. The predicted molar refractivity (Wildman–Crippen MR) is 106 cm³/mol. The summed E-state index contributed by atoms with van der Waals surface area (Å²) in [7, 11) is 0. The van der Waals surface area contributed by atoms with Gasteiger partial charge >= 0.3 is 0 Å². The summed E-state index contributed by atoms with van der Waals surface area (Å²) in [6.45, 7) is 1.97. The second-order valence-corrected chi connectivity index (χ2v) is 7.39. The zero-order chi connectivity index (χ0) is 17.8. The fraction of sp³-hybridized carbons (Fsp3) is 0.375. The van der Waals surface area contributed by atoms with Crippen molar-refractivity contribution in [1.82, 2.24) is 15.1 Å². The molecule has 134 valence electrons. The predicted octanol–water partition coefficient (Wildman–Crippen LogP) is 4.36. The molecule has 0 spiro atoms. The molecule has 0 radical (unpaired) electrons. The van der Waals surface area contributed by atoms with Gasteiger partial charge < -0.3 is 15.4 Å². The summed E-state index contributed by atoms with van der Waals surface area (Å²) >= 11 is 23.6. The summed E-state index contributed by atoms with van der Waals surface area (Å²) in [4.78, 5) is 0. The summed E-state index contributed by atoms with van der Waals surface area (Å²) in [5.41, 5.74) is 0.899. The van der Waals surface area contributed by atoms with E-state index in [4.69, 9.17) is 51.8 Å². The number of halogens is 3. The molecule has 2 aromatic rings. The van der Waals surface area contributed by atoms with Crippen LogP contribution in [0.1, 0.15) is 18.4 Å². The summed E-state index contributed by atoms with van der Waals surface area (Å²) in [5.74, 6) is 0.497. The van der Waals surface area contributed by atoms with Gasteiger partial charge in [-0.15, -0.1) is 0 Å². The third-order valence-corrected chi connectivity index (χ3v) is 4.92. The van der Waals surface area contributed by atoms with Gasteiger partial charge in [0.1, 0.15) is 5.02 Å². The molecule has 1 saturated heterocycles. The minimum Gasteiger partial charge on any atom is -0.376 e. The topological polar surface area (TPSA) is 51.1 Å². The second-order valence-electron chi connectivity index (χ2n) is 5.73. The number of nitrogens with zero attached hydrogens (tertiary/aromatic N) is 2. The lowest BCUT2D eigenvalue weighted by Gasteiger charge is -2.13. The lowest BCUT2D eigenvalue weighted by atomic mass is 10.2. The largest absolute Gasteiger partial charge is 0.376 e. The van der Waals surface area contributed by atoms with Gasteiger partial charge in [0.25, 0.3) is 0 Å². The van der Waals surface area contributed by atoms with E-state index in [9.17, 15) is 0 Å². The van der Waals surface area contributed by atoms with Gasteiger partial charge in [-0.2, -0.15) is 5.10 Å². The number of thiocarbonyl (C=S) groups is 1. The van der Waals surface area contributed by atoms with Gasteiger partial charge in [-0.3, -0.25) is 4.68 Å². The van der Waals surface area contributed by atoms with E-state index in [-0.39, 0.29) is 6.10 Å². The quantitative estimate of drug-likeness (QED) is 0.705. The Bertz CT molecular complexity index is 762. The number of nitrogens with one attached hydrogen (secondary N) is 2. The second kappa shape index (κ2) is 8.56. The highest BCUT2D eigenvalue weighted by Crippen LogP contribution is 2.24. The van der Waals surface area contributed by atoms with Crippen LogP contribution in [0.25, 0.3) is 0 Å². The van der Waals surface area contributed by atoms with Crippen LogP contribution in [-0.2, 0) is 11.3 Å². The maximum atomic E-state index is 6.24. The molecule has 5 nitrogen and oxygen atoms in total. The van der Waals surface area contributed by atoms with Crippen molar-refractivity contribution in [1.29, 1.82) is 0 Å². The maximum absolute atomic E-state index is 6.24. The average Bonchev–Trinajstić information content (AvgIpc) is 3.19. The monoisotopic (exact) mass is 418 g/mol. The number of hydrogen-bond acceptors (Lipinski definition) is 3. The summed E-state index contributed by atoms with van der Waals surface area (Å²) < 4.78 is 7.25. The van der Waals surface area contributed by atoms with Gasteiger partial charge in [-0.1, -0.05) is 40.9 Å². The Morgan fingerprint density at radius 2 is 2.16 bits per heavy atom. The van der Waals surface area contributed by atoms with Crippen LogP contribution in [0.15, 0.2) is 24.4 Å². The molecule has 1 aliphatic rings. The number of hydrogen-bond donors (Lipinski definition) is 2. The zero-order valence-corrected chi connectivity index (χ0v) is 16.4. The number of rotatable bonds is 5. The van der Waals surface area contributed by atoms with Crippen LogP contribution in [0.2, 0.25) is 15.1 Å². The Kier molecular flexibility index (Phi) is 6.41. The first-order valence-electron chi connectivity index (χ1n) is 7.84. The van der Waals surface area contributed by atoms with Crippen molar-refractivity contribution in [2.24, 2.45) is 0 Å². The Hall–Kier alpha value is -1.05. The number of ether oxygens (including phenoxy) is 1. The molecule has 1 fully saturated rings. The highest BCUT2D eigenvalue weighted by molar-refractivity contribution is 7.80. The van der Waals surface area contributed by atoms with Crippen LogP contribution in [0.4, 0.5) is 5.82 Å². The van der Waals surface area contributed by atoms with Crippen molar-refractivity contribution in [3.05, 3.63) is 45.0 Å². The van der Waals surface area contributed by atoms with E-state index in [0.29, 0.717) is 39.1 Å². The van der Waals surface area contributed by atoms with Gasteiger partial charge in [0.05, 0.1) is 12.6 Å². The van der Waals surface area contributed by atoms with E-state index < -0.39 is 0 Å². The van der Waals surface area contributed by atoms with Crippen molar-refractivity contribution in [2.75, 3.05) is 18.5 Å². The fourth-order valence-corrected chi connectivity index (χ4v) is 3.40. The van der Waals surface area contributed by atoms with Gasteiger partial charge in [-0.25, -0.2) is 0 Å². The van der Waals surface area contributed by atoms with Crippen LogP contribution >= 0.6 is 47.0 Å². The van der Waals surface area contributed by atoms with Crippen molar-refractivity contribution in [2.45, 2.75) is 25.5 Å². The van der Waals surface area contributed by atoms with Crippen LogP contribution < -0.4 is 10.6 Å². The van der Waals surface area contributed by atoms with Gasteiger partial charge in [0.2, 0.25) is 0 Å². The minimum atomic E-state index is 0.208. The Labute approximate surface area is 166 Å². The van der Waals surface area contributed by atoms with E-state index in [2.05, 4.69) is 15.7 Å². The normalized spacial score (nSPS) is 16.8. The number of benzene rings is 1. The molecule has 0 saturated carbocycles. The van der Waals surface area contributed by atoms with E-state index in [1.165, 1.54) is 0 Å². The molecule has 1 aromatic carbocycles. The molecule has 0 amide bonds. The van der Waals surface area contributed by atoms with Crippen molar-refractivity contribution >= 4 is 58.0 Å². The van der Waals surface area contributed by atoms with E-state index in [1.54, 1.807) is 23.0 Å². The first-order valence-corrected chi connectivity index (χ1v) is 9.39. The van der Waals surface area contributed by atoms with Crippen molar-refractivity contribution < 1.29 is 4.74 Å². The maximum Gasteiger partial charge on any atom is 0.173 e. The first kappa shape index (κ1) is 18.7. The molecule has 3 rings (SSSR count). The average molecular weight is 420 g/mol. The van der Waals surface area contributed by atoms with Crippen LogP contribution in [-0.4, -0.2) is 34.1 Å². The molecule has 2 heterocycles.